The lowest BCUT2D eigenvalue weighted by molar-refractivity contribution is 0.314. The van der Waals surface area contributed by atoms with Gasteiger partial charge < -0.3 is 9.47 Å². The molecule has 0 bridgehead atoms. The Labute approximate surface area is 193 Å². The first-order valence-electron chi connectivity index (χ1n) is 10.1. The van der Waals surface area contributed by atoms with Gasteiger partial charge in [-0.15, -0.1) is 5.10 Å². The Kier molecular flexibility index (Phi) is 5.78. The minimum Gasteiger partial charge on any atom is -0.496 e. The van der Waals surface area contributed by atoms with E-state index in [0.717, 1.165) is 6.20 Å². The van der Waals surface area contributed by atoms with Crippen LogP contribution in [-0.4, -0.2) is 43.1 Å². The molecule has 176 valence electrons. The van der Waals surface area contributed by atoms with Crippen molar-refractivity contribution in [3.63, 3.8) is 0 Å². The molecule has 0 fully saturated rings. The summed E-state index contributed by atoms with van der Waals surface area (Å²) in [5.74, 6) is -1.06. The van der Waals surface area contributed by atoms with Crippen LogP contribution in [0.3, 0.4) is 0 Å². The van der Waals surface area contributed by atoms with Crippen LogP contribution in [-0.2, 0) is 18.8 Å². The smallest absolute Gasteiger partial charge is 0.333 e. The number of nitrogens with zero attached hydrogens (tertiary/aromatic N) is 6. The Morgan fingerprint density at radius 3 is 2.53 bits per heavy atom. The number of halogens is 2. The lowest BCUT2D eigenvalue weighted by atomic mass is 10.1. The van der Waals surface area contributed by atoms with E-state index in [2.05, 4.69) is 21.6 Å². The first kappa shape index (κ1) is 22.9. The molecule has 0 unspecified atom stereocenters. The molecule has 0 aliphatic heterocycles. The highest BCUT2D eigenvalue weighted by Gasteiger charge is 2.23. The number of pyridine rings is 2. The number of hydrogen-bond acceptors (Lipinski definition) is 6. The number of hydrogen-bond donors (Lipinski definition) is 0. The molecule has 0 atom stereocenters. The molecule has 0 aliphatic rings. The zero-order chi connectivity index (χ0) is 24.7. The van der Waals surface area contributed by atoms with Crippen LogP contribution in [0, 0.1) is 18.7 Å². The Bertz CT molecular complexity index is 1530. The van der Waals surface area contributed by atoms with E-state index in [1.807, 2.05) is 0 Å². The van der Waals surface area contributed by atoms with Crippen molar-refractivity contribution in [1.29, 1.82) is 0 Å². The van der Waals surface area contributed by atoms with Crippen LogP contribution in [0.1, 0.15) is 16.8 Å². The van der Waals surface area contributed by atoms with Gasteiger partial charge in [0, 0.05) is 37.5 Å². The van der Waals surface area contributed by atoms with Gasteiger partial charge in [-0.2, -0.15) is 4.39 Å². The molecule has 0 saturated heterocycles. The highest BCUT2D eigenvalue weighted by molar-refractivity contribution is 5.86. The van der Waals surface area contributed by atoms with E-state index in [-0.39, 0.29) is 28.3 Å². The zero-order valence-electron chi connectivity index (χ0n) is 19.3. The van der Waals surface area contributed by atoms with Crippen LogP contribution in [0.4, 0.5) is 8.78 Å². The number of allylic oxidation sites excluding steroid dienone is 1. The zero-order valence-corrected chi connectivity index (χ0v) is 19.3. The summed E-state index contributed by atoms with van der Waals surface area (Å²) in [6.07, 6.45) is 6.90. The summed E-state index contributed by atoms with van der Waals surface area (Å²) in [5.41, 5.74) is 1.77. The van der Waals surface area contributed by atoms with Crippen molar-refractivity contribution >= 4 is 22.7 Å². The molecule has 4 aromatic heterocycles. The number of ether oxygens (including phenoxy) is 2. The second-order valence-electron chi connectivity index (χ2n) is 7.55. The fourth-order valence-corrected chi connectivity index (χ4v) is 3.80. The second-order valence-corrected chi connectivity index (χ2v) is 7.55. The number of imidazole rings is 1. The summed E-state index contributed by atoms with van der Waals surface area (Å²) >= 11 is 0. The van der Waals surface area contributed by atoms with E-state index < -0.39 is 17.5 Å². The number of fused-ring (bicyclic) bond motifs is 1. The van der Waals surface area contributed by atoms with Gasteiger partial charge in [0.15, 0.2) is 11.6 Å². The molecule has 34 heavy (non-hydrogen) atoms. The Morgan fingerprint density at radius 1 is 1.18 bits per heavy atom. The largest absolute Gasteiger partial charge is 0.496 e. The molecule has 9 nitrogen and oxygen atoms in total. The molecule has 0 saturated carbocycles. The van der Waals surface area contributed by atoms with E-state index in [0.29, 0.717) is 22.3 Å². The van der Waals surface area contributed by atoms with Crippen molar-refractivity contribution in [2.45, 2.75) is 6.92 Å². The molecule has 4 rings (SSSR count). The van der Waals surface area contributed by atoms with Crippen molar-refractivity contribution in [2.24, 2.45) is 14.1 Å². The molecule has 0 aromatic carbocycles. The van der Waals surface area contributed by atoms with Gasteiger partial charge in [0.2, 0.25) is 5.95 Å². The van der Waals surface area contributed by atoms with Gasteiger partial charge in [-0.3, -0.25) is 23.8 Å². The van der Waals surface area contributed by atoms with Gasteiger partial charge in [0.25, 0.3) is 0 Å². The molecule has 4 heterocycles. The van der Waals surface area contributed by atoms with Gasteiger partial charge in [-0.05, 0) is 6.92 Å². The Hall–Kier alpha value is -4.28. The lowest BCUT2D eigenvalue weighted by Crippen LogP contribution is -2.22. The molecule has 4 aromatic rings. The third-order valence-electron chi connectivity index (χ3n) is 5.55. The lowest BCUT2D eigenvalue weighted by Gasteiger charge is -2.12. The SMILES string of the molecule is C=C(/C(=C\c1ncc2c(c1C)n(-c1c(F)cncc1OC)c(=O)n2C)OC)c1cn(C)nc1F. The molecular formula is C23H22F2N6O3. The molecule has 0 N–H and O–H groups in total. The average Bonchev–Trinajstić information content (AvgIpc) is 3.28. The van der Waals surface area contributed by atoms with Gasteiger partial charge in [-0.1, -0.05) is 6.58 Å². The van der Waals surface area contributed by atoms with Crippen LogP contribution in [0.15, 0.2) is 41.9 Å². The first-order valence-corrected chi connectivity index (χ1v) is 10.1. The molecule has 0 amide bonds. The van der Waals surface area contributed by atoms with E-state index in [4.69, 9.17) is 9.47 Å². The quantitative estimate of drug-likeness (QED) is 0.319. The second kappa shape index (κ2) is 8.58. The molecule has 0 radical (unpaired) electrons. The van der Waals surface area contributed by atoms with Gasteiger partial charge in [0.1, 0.15) is 11.4 Å². The third kappa shape index (κ3) is 3.54. The summed E-state index contributed by atoms with van der Waals surface area (Å²) in [6.45, 7) is 5.67. The van der Waals surface area contributed by atoms with Gasteiger partial charge in [0.05, 0.1) is 55.1 Å². The molecule has 0 aliphatic carbocycles. The maximum atomic E-state index is 14.9. The maximum Gasteiger partial charge on any atom is 0.333 e. The fraction of sp³-hybridized carbons (Fsp3) is 0.217. The van der Waals surface area contributed by atoms with Gasteiger partial charge in [-0.25, -0.2) is 9.18 Å². The van der Waals surface area contributed by atoms with Crippen molar-refractivity contribution in [3.05, 3.63) is 76.2 Å². The average molecular weight is 468 g/mol. The van der Waals surface area contributed by atoms with Crippen molar-refractivity contribution in [1.82, 2.24) is 28.9 Å². The Morgan fingerprint density at radius 2 is 1.91 bits per heavy atom. The van der Waals surface area contributed by atoms with Crippen LogP contribution < -0.4 is 10.4 Å². The summed E-state index contributed by atoms with van der Waals surface area (Å²) < 4.78 is 43.7. The topological polar surface area (TPSA) is 89.0 Å². The third-order valence-corrected chi connectivity index (χ3v) is 5.55. The minimum absolute atomic E-state index is 0.0638. The maximum absolute atomic E-state index is 14.9. The van der Waals surface area contributed by atoms with Crippen LogP contribution >= 0.6 is 0 Å². The number of aromatic nitrogens is 6. The summed E-state index contributed by atoms with van der Waals surface area (Å²) in [6, 6.07) is 0. The highest BCUT2D eigenvalue weighted by atomic mass is 19.1. The monoisotopic (exact) mass is 468 g/mol. The van der Waals surface area contributed by atoms with E-state index in [9.17, 15) is 13.6 Å². The van der Waals surface area contributed by atoms with Crippen molar-refractivity contribution in [3.8, 4) is 11.4 Å². The summed E-state index contributed by atoms with van der Waals surface area (Å²) in [7, 11) is 5.95. The minimum atomic E-state index is -0.722. The predicted octanol–water partition coefficient (Wildman–Crippen LogP) is 3.15. The normalized spacial score (nSPS) is 11.8. The number of methoxy groups -OCH3 is 2. The number of rotatable bonds is 6. The first-order chi connectivity index (χ1) is 16.2. The van der Waals surface area contributed by atoms with E-state index in [1.165, 1.54) is 46.6 Å². The van der Waals surface area contributed by atoms with Crippen molar-refractivity contribution in [2.75, 3.05) is 14.2 Å². The molecule has 0 spiro atoms. The molecular weight excluding hydrogens is 446 g/mol. The Balaban J connectivity index is 1.96. The van der Waals surface area contributed by atoms with Crippen LogP contribution in [0.2, 0.25) is 0 Å². The van der Waals surface area contributed by atoms with E-state index >= 15 is 0 Å². The fourth-order valence-electron chi connectivity index (χ4n) is 3.80. The summed E-state index contributed by atoms with van der Waals surface area (Å²) in [4.78, 5) is 21.4. The number of aryl methyl sites for hydroxylation is 3. The predicted molar refractivity (Wildman–Crippen MR) is 123 cm³/mol. The molecule has 11 heteroatoms. The van der Waals surface area contributed by atoms with Crippen LogP contribution in [0.5, 0.6) is 5.75 Å². The van der Waals surface area contributed by atoms with E-state index in [1.54, 1.807) is 27.1 Å². The van der Waals surface area contributed by atoms with Gasteiger partial charge >= 0.3 is 5.69 Å². The summed E-state index contributed by atoms with van der Waals surface area (Å²) in [5, 5.41) is 3.69. The van der Waals surface area contributed by atoms with Crippen molar-refractivity contribution < 1.29 is 18.3 Å². The standard InChI is InChI=1S/C23H22F2N6O3/c1-12(14-11-29(3)28-22(14)25)18(33-5)7-16-13(2)20-17(9-27-16)30(4)23(32)31(20)21-15(24)8-26-10-19(21)34-6/h7-11H,1H2,2-6H3/b18-7+. The highest BCUT2D eigenvalue weighted by Crippen LogP contribution is 2.31. The van der Waals surface area contributed by atoms with Crippen LogP contribution in [0.25, 0.3) is 28.4 Å².